The molecular weight excluding hydrogens is 214 g/mol. The van der Waals surface area contributed by atoms with Crippen molar-refractivity contribution in [3.8, 4) is 0 Å². The predicted molar refractivity (Wildman–Crippen MR) is 66.8 cm³/mol. The van der Waals surface area contributed by atoms with Gasteiger partial charge in [-0.3, -0.25) is 14.8 Å². The lowest BCUT2D eigenvalue weighted by Crippen LogP contribution is -1.92. The molecule has 0 bridgehead atoms. The standard InChI is InChI=1S/C13H9N3O/c14-10-3-4-15-12-6-16-11-5-8(7-17)1-2-9(11)13(10)12/h1-7H,(H2,14,15). The minimum Gasteiger partial charge on any atom is -0.398 e. The van der Waals surface area contributed by atoms with E-state index in [-0.39, 0.29) is 0 Å². The van der Waals surface area contributed by atoms with Crippen LogP contribution in [-0.4, -0.2) is 16.3 Å². The van der Waals surface area contributed by atoms with Gasteiger partial charge in [0.2, 0.25) is 0 Å². The Kier molecular flexibility index (Phi) is 2.01. The van der Waals surface area contributed by atoms with Crippen LogP contribution < -0.4 is 5.73 Å². The van der Waals surface area contributed by atoms with Gasteiger partial charge in [-0.1, -0.05) is 12.1 Å². The van der Waals surface area contributed by atoms with E-state index in [4.69, 9.17) is 5.73 Å². The molecule has 0 saturated heterocycles. The summed E-state index contributed by atoms with van der Waals surface area (Å²) in [5, 5.41) is 1.80. The molecular formula is C13H9N3O. The lowest BCUT2D eigenvalue weighted by molar-refractivity contribution is 0.112. The normalized spacial score (nSPS) is 10.8. The first kappa shape index (κ1) is 9.72. The maximum absolute atomic E-state index is 10.7. The van der Waals surface area contributed by atoms with E-state index in [2.05, 4.69) is 9.97 Å². The molecule has 0 unspecified atom stereocenters. The number of hydrogen-bond acceptors (Lipinski definition) is 4. The lowest BCUT2D eigenvalue weighted by atomic mass is 10.1. The van der Waals surface area contributed by atoms with Crippen molar-refractivity contribution in [2.45, 2.75) is 0 Å². The number of aldehydes is 1. The third kappa shape index (κ3) is 1.42. The quantitative estimate of drug-likeness (QED) is 0.507. The fourth-order valence-corrected chi connectivity index (χ4v) is 1.96. The van der Waals surface area contributed by atoms with Gasteiger partial charge in [0.15, 0.2) is 0 Å². The summed E-state index contributed by atoms with van der Waals surface area (Å²) in [6, 6.07) is 7.11. The summed E-state index contributed by atoms with van der Waals surface area (Å²) < 4.78 is 0. The van der Waals surface area contributed by atoms with Crippen LogP contribution in [0.5, 0.6) is 0 Å². The Hall–Kier alpha value is -2.49. The van der Waals surface area contributed by atoms with E-state index < -0.39 is 0 Å². The van der Waals surface area contributed by atoms with Gasteiger partial charge < -0.3 is 5.73 Å². The van der Waals surface area contributed by atoms with Crippen molar-refractivity contribution < 1.29 is 4.79 Å². The summed E-state index contributed by atoms with van der Waals surface area (Å²) in [5.74, 6) is 0. The molecule has 0 radical (unpaired) electrons. The summed E-state index contributed by atoms with van der Waals surface area (Å²) >= 11 is 0. The van der Waals surface area contributed by atoms with E-state index in [1.165, 1.54) is 0 Å². The molecule has 17 heavy (non-hydrogen) atoms. The number of aromatic nitrogens is 2. The van der Waals surface area contributed by atoms with Gasteiger partial charge in [0.1, 0.15) is 6.29 Å². The van der Waals surface area contributed by atoms with Crippen molar-refractivity contribution in [1.82, 2.24) is 9.97 Å². The van der Waals surface area contributed by atoms with Crippen LogP contribution in [-0.2, 0) is 0 Å². The minimum absolute atomic E-state index is 0.604. The molecule has 0 fully saturated rings. The highest BCUT2D eigenvalue weighted by atomic mass is 16.1. The number of carbonyl (C=O) groups is 1. The number of benzene rings is 1. The summed E-state index contributed by atoms with van der Waals surface area (Å²) in [6.45, 7) is 0. The Bertz CT molecular complexity index is 737. The van der Waals surface area contributed by atoms with Gasteiger partial charge in [-0.15, -0.1) is 0 Å². The SMILES string of the molecule is Nc1ccnc2cnc3cc(C=O)ccc3c12. The summed E-state index contributed by atoms with van der Waals surface area (Å²) in [4.78, 5) is 19.2. The van der Waals surface area contributed by atoms with E-state index >= 15 is 0 Å². The Morgan fingerprint density at radius 1 is 1.12 bits per heavy atom. The first-order valence-electron chi connectivity index (χ1n) is 5.18. The molecule has 0 atom stereocenters. The lowest BCUT2D eigenvalue weighted by Gasteiger charge is -2.05. The molecule has 3 rings (SSSR count). The van der Waals surface area contributed by atoms with Gasteiger partial charge in [0.05, 0.1) is 17.2 Å². The molecule has 2 N–H and O–H groups in total. The zero-order chi connectivity index (χ0) is 11.8. The Balaban J connectivity index is 2.51. The fourth-order valence-electron chi connectivity index (χ4n) is 1.96. The number of pyridine rings is 2. The van der Waals surface area contributed by atoms with E-state index in [0.717, 1.165) is 28.1 Å². The maximum Gasteiger partial charge on any atom is 0.150 e. The number of carbonyl (C=O) groups excluding carboxylic acids is 1. The topological polar surface area (TPSA) is 68.9 Å². The highest BCUT2D eigenvalue weighted by Crippen LogP contribution is 2.27. The zero-order valence-corrected chi connectivity index (χ0v) is 8.92. The van der Waals surface area contributed by atoms with Gasteiger partial charge in [0.25, 0.3) is 0 Å². The second-order valence-electron chi connectivity index (χ2n) is 3.81. The molecule has 0 saturated carbocycles. The van der Waals surface area contributed by atoms with E-state index in [1.54, 1.807) is 30.6 Å². The van der Waals surface area contributed by atoms with E-state index in [0.29, 0.717) is 11.3 Å². The zero-order valence-electron chi connectivity index (χ0n) is 8.92. The number of nitrogens with zero attached hydrogens (tertiary/aromatic N) is 2. The first-order chi connectivity index (χ1) is 8.29. The van der Waals surface area contributed by atoms with Crippen LogP contribution in [0, 0.1) is 0 Å². The molecule has 2 heterocycles. The van der Waals surface area contributed by atoms with Crippen LogP contribution >= 0.6 is 0 Å². The van der Waals surface area contributed by atoms with E-state index in [1.807, 2.05) is 6.07 Å². The van der Waals surface area contributed by atoms with Gasteiger partial charge in [-0.2, -0.15) is 0 Å². The van der Waals surface area contributed by atoms with Crippen molar-refractivity contribution in [1.29, 1.82) is 0 Å². The Morgan fingerprint density at radius 3 is 2.82 bits per heavy atom. The third-order valence-corrected chi connectivity index (χ3v) is 2.77. The van der Waals surface area contributed by atoms with Crippen molar-refractivity contribution >= 4 is 33.8 Å². The smallest absolute Gasteiger partial charge is 0.150 e. The second kappa shape index (κ2) is 3.52. The third-order valence-electron chi connectivity index (χ3n) is 2.77. The predicted octanol–water partition coefficient (Wildman–Crippen LogP) is 2.18. The van der Waals surface area contributed by atoms with Crippen LogP contribution in [0.1, 0.15) is 10.4 Å². The van der Waals surface area contributed by atoms with Crippen LogP contribution in [0.25, 0.3) is 21.8 Å². The molecule has 0 aliphatic heterocycles. The van der Waals surface area contributed by atoms with Crippen LogP contribution in [0.15, 0.2) is 36.7 Å². The summed E-state index contributed by atoms with van der Waals surface area (Å²) in [5.41, 5.74) is 8.74. The van der Waals surface area contributed by atoms with Crippen molar-refractivity contribution in [3.05, 3.63) is 42.2 Å². The highest BCUT2D eigenvalue weighted by molar-refractivity contribution is 6.10. The number of hydrogen-bond donors (Lipinski definition) is 1. The molecule has 1 aromatic carbocycles. The van der Waals surface area contributed by atoms with Gasteiger partial charge in [0, 0.05) is 28.2 Å². The molecule has 3 aromatic rings. The van der Waals surface area contributed by atoms with Crippen molar-refractivity contribution in [3.63, 3.8) is 0 Å². The number of fused-ring (bicyclic) bond motifs is 3. The molecule has 0 aliphatic carbocycles. The van der Waals surface area contributed by atoms with Crippen LogP contribution in [0.3, 0.4) is 0 Å². The molecule has 4 nitrogen and oxygen atoms in total. The molecule has 0 spiro atoms. The molecule has 2 aromatic heterocycles. The number of nitrogens with two attached hydrogens (primary N) is 1. The van der Waals surface area contributed by atoms with Gasteiger partial charge in [-0.25, -0.2) is 0 Å². The molecule has 0 aliphatic rings. The fraction of sp³-hybridized carbons (Fsp3) is 0. The van der Waals surface area contributed by atoms with Crippen molar-refractivity contribution in [2.75, 3.05) is 5.73 Å². The average Bonchev–Trinajstić information content (AvgIpc) is 2.38. The molecule has 4 heteroatoms. The van der Waals surface area contributed by atoms with Gasteiger partial charge in [-0.05, 0) is 12.1 Å². The van der Waals surface area contributed by atoms with Crippen LogP contribution in [0.4, 0.5) is 5.69 Å². The monoisotopic (exact) mass is 223 g/mol. The number of rotatable bonds is 1. The average molecular weight is 223 g/mol. The first-order valence-corrected chi connectivity index (χ1v) is 5.18. The largest absolute Gasteiger partial charge is 0.398 e. The minimum atomic E-state index is 0.604. The van der Waals surface area contributed by atoms with Crippen LogP contribution in [0.2, 0.25) is 0 Å². The number of anilines is 1. The second-order valence-corrected chi connectivity index (χ2v) is 3.81. The Labute approximate surface area is 97.1 Å². The highest BCUT2D eigenvalue weighted by Gasteiger charge is 2.06. The van der Waals surface area contributed by atoms with E-state index in [9.17, 15) is 4.79 Å². The summed E-state index contributed by atoms with van der Waals surface area (Å²) in [6.07, 6.45) is 4.13. The maximum atomic E-state index is 10.7. The number of nitrogen functional groups attached to an aromatic ring is 1. The van der Waals surface area contributed by atoms with Gasteiger partial charge >= 0.3 is 0 Å². The van der Waals surface area contributed by atoms with Crippen molar-refractivity contribution in [2.24, 2.45) is 0 Å². The Morgan fingerprint density at radius 2 is 2.00 bits per heavy atom. The molecule has 0 amide bonds. The summed E-state index contributed by atoms with van der Waals surface area (Å²) in [7, 11) is 0. The molecule has 82 valence electrons.